The van der Waals surface area contributed by atoms with Crippen molar-refractivity contribution in [3.8, 4) is 5.75 Å². The molecule has 0 unspecified atom stereocenters. The molecule has 1 aromatic heterocycles. The highest BCUT2D eigenvalue weighted by molar-refractivity contribution is 7.80. The van der Waals surface area contributed by atoms with Crippen LogP contribution in [0.4, 0.5) is 0 Å². The van der Waals surface area contributed by atoms with Crippen molar-refractivity contribution in [3.63, 3.8) is 0 Å². The molecule has 0 spiro atoms. The van der Waals surface area contributed by atoms with Crippen molar-refractivity contribution in [1.82, 2.24) is 24.9 Å². The Morgan fingerprint density at radius 1 is 1.00 bits per heavy atom. The highest BCUT2D eigenvalue weighted by Crippen LogP contribution is 2.13. The van der Waals surface area contributed by atoms with Crippen LogP contribution in [0.15, 0.2) is 60.8 Å². The van der Waals surface area contributed by atoms with E-state index in [0.717, 1.165) is 18.1 Å². The lowest BCUT2D eigenvalue weighted by Gasteiger charge is -2.10. The first-order valence-electron chi connectivity index (χ1n) is 8.58. The molecule has 0 aliphatic carbocycles. The molecule has 3 rings (SSSR count). The molecule has 3 aromatic rings. The zero-order chi connectivity index (χ0) is 20.5. The maximum absolute atomic E-state index is 12.2. The number of nitrogens with one attached hydrogen (secondary N) is 3. The van der Waals surface area contributed by atoms with Crippen molar-refractivity contribution in [3.05, 3.63) is 77.6 Å². The molecule has 0 saturated carbocycles. The second-order valence-corrected chi connectivity index (χ2v) is 6.73. The molecule has 2 amide bonds. The number of nitrogens with zero attached hydrogens (tertiary/aromatic N) is 2. The van der Waals surface area contributed by atoms with Crippen LogP contribution in [0.5, 0.6) is 5.75 Å². The lowest BCUT2D eigenvalue weighted by Crippen LogP contribution is -2.48. The van der Waals surface area contributed by atoms with Gasteiger partial charge < -0.3 is 4.74 Å². The van der Waals surface area contributed by atoms with Crippen LogP contribution in [0.1, 0.15) is 26.4 Å². The Labute approximate surface area is 176 Å². The largest absolute Gasteiger partial charge is 0.493 e. The van der Waals surface area contributed by atoms with Crippen LogP contribution >= 0.6 is 23.9 Å². The Hall–Kier alpha value is -3.37. The van der Waals surface area contributed by atoms with Gasteiger partial charge in [0.25, 0.3) is 11.8 Å². The van der Waals surface area contributed by atoms with Crippen molar-refractivity contribution in [2.75, 3.05) is 6.61 Å². The van der Waals surface area contributed by atoms with E-state index in [9.17, 15) is 9.59 Å². The van der Waals surface area contributed by atoms with Crippen molar-refractivity contribution < 1.29 is 14.3 Å². The summed E-state index contributed by atoms with van der Waals surface area (Å²) in [7, 11) is 0. The molecular weight excluding hydrogens is 410 g/mol. The summed E-state index contributed by atoms with van der Waals surface area (Å²) >= 11 is 5.91. The van der Waals surface area contributed by atoms with Gasteiger partial charge in [-0.3, -0.25) is 25.8 Å². The van der Waals surface area contributed by atoms with Gasteiger partial charge in [-0.05, 0) is 42.0 Å². The predicted octanol–water partition coefficient (Wildman–Crippen LogP) is 2.11. The zero-order valence-electron chi connectivity index (χ0n) is 15.1. The third kappa shape index (κ3) is 6.33. The minimum atomic E-state index is -0.507. The predicted molar refractivity (Wildman–Crippen MR) is 113 cm³/mol. The van der Waals surface area contributed by atoms with Crippen molar-refractivity contribution in [2.24, 2.45) is 0 Å². The minimum Gasteiger partial charge on any atom is -0.493 e. The van der Waals surface area contributed by atoms with E-state index in [1.54, 1.807) is 24.3 Å². The Morgan fingerprint density at radius 3 is 2.45 bits per heavy atom. The second-order valence-electron chi connectivity index (χ2n) is 5.76. The number of carbonyl (C=O) groups is 2. The van der Waals surface area contributed by atoms with Crippen molar-refractivity contribution >= 4 is 40.9 Å². The van der Waals surface area contributed by atoms with E-state index < -0.39 is 11.8 Å². The average Bonchev–Trinajstić information content (AvgIpc) is 3.28. The highest BCUT2D eigenvalue weighted by atomic mass is 32.1. The van der Waals surface area contributed by atoms with Gasteiger partial charge in [0.15, 0.2) is 10.8 Å². The van der Waals surface area contributed by atoms with Gasteiger partial charge in [-0.1, -0.05) is 30.3 Å². The summed E-state index contributed by atoms with van der Waals surface area (Å²) < 4.78 is 13.2. The Balaban J connectivity index is 1.42. The molecule has 29 heavy (non-hydrogen) atoms. The first-order valence-corrected chi connectivity index (χ1v) is 9.71. The monoisotopic (exact) mass is 427 g/mol. The summed E-state index contributed by atoms with van der Waals surface area (Å²) in [6.07, 6.45) is 2.12. The maximum Gasteiger partial charge on any atom is 0.291 e. The molecular formula is C19H17N5O3S2. The zero-order valence-corrected chi connectivity index (χ0v) is 16.8. The fraction of sp³-hybridized carbons (Fsp3) is 0.105. The van der Waals surface area contributed by atoms with Gasteiger partial charge in [-0.2, -0.15) is 8.75 Å². The van der Waals surface area contributed by atoms with Gasteiger partial charge in [-0.15, -0.1) is 0 Å². The van der Waals surface area contributed by atoms with Gasteiger partial charge in [-0.25, -0.2) is 0 Å². The van der Waals surface area contributed by atoms with Crippen LogP contribution in [0, 0.1) is 0 Å². The first kappa shape index (κ1) is 20.4. The van der Waals surface area contributed by atoms with E-state index in [1.165, 1.54) is 11.8 Å². The molecule has 10 heteroatoms. The number of amides is 2. The Kier molecular flexibility index (Phi) is 7.20. The van der Waals surface area contributed by atoms with E-state index >= 15 is 0 Å². The Bertz CT molecular complexity index is 963. The number of benzene rings is 2. The van der Waals surface area contributed by atoms with Crippen LogP contribution in [-0.4, -0.2) is 32.3 Å². The third-order valence-electron chi connectivity index (χ3n) is 3.73. The highest BCUT2D eigenvalue weighted by Gasteiger charge is 2.11. The fourth-order valence-electron chi connectivity index (χ4n) is 2.28. The van der Waals surface area contributed by atoms with Crippen LogP contribution in [0.2, 0.25) is 0 Å². The molecule has 0 saturated heterocycles. The number of thiocarbonyl (C=S) groups is 1. The first-order chi connectivity index (χ1) is 14.1. The van der Waals surface area contributed by atoms with Crippen LogP contribution in [0.25, 0.3) is 0 Å². The number of hydrogen-bond donors (Lipinski definition) is 3. The van der Waals surface area contributed by atoms with Gasteiger partial charge in [0.2, 0.25) is 0 Å². The van der Waals surface area contributed by atoms with E-state index in [1.807, 2.05) is 30.3 Å². The van der Waals surface area contributed by atoms with Crippen molar-refractivity contribution in [2.45, 2.75) is 6.42 Å². The normalized spacial score (nSPS) is 10.1. The fourth-order valence-corrected chi connectivity index (χ4v) is 2.84. The van der Waals surface area contributed by atoms with E-state index in [0.29, 0.717) is 17.9 Å². The number of carbonyl (C=O) groups excluding carboxylic acids is 2. The van der Waals surface area contributed by atoms with Gasteiger partial charge >= 0.3 is 0 Å². The van der Waals surface area contributed by atoms with Gasteiger partial charge in [0.05, 0.1) is 24.5 Å². The molecule has 148 valence electrons. The van der Waals surface area contributed by atoms with Crippen LogP contribution in [0.3, 0.4) is 0 Å². The summed E-state index contributed by atoms with van der Waals surface area (Å²) in [4.78, 5) is 24.0. The Morgan fingerprint density at radius 2 is 1.76 bits per heavy atom. The van der Waals surface area contributed by atoms with E-state index in [2.05, 4.69) is 24.9 Å². The summed E-state index contributed by atoms with van der Waals surface area (Å²) in [5, 5.41) is 2.43. The topological polar surface area (TPSA) is 105 Å². The van der Waals surface area contributed by atoms with Crippen molar-refractivity contribution in [1.29, 1.82) is 0 Å². The molecule has 2 aromatic carbocycles. The summed E-state index contributed by atoms with van der Waals surface area (Å²) in [6, 6.07) is 16.7. The minimum absolute atomic E-state index is 0.0465. The van der Waals surface area contributed by atoms with Crippen LogP contribution < -0.4 is 20.9 Å². The molecule has 0 bridgehead atoms. The third-order valence-corrected chi connectivity index (χ3v) is 4.41. The number of hydrazine groups is 1. The van der Waals surface area contributed by atoms with E-state index in [4.69, 9.17) is 17.0 Å². The molecule has 0 aliphatic rings. The van der Waals surface area contributed by atoms with E-state index in [-0.39, 0.29) is 10.8 Å². The average molecular weight is 428 g/mol. The standard InChI is InChI=1S/C19H17N5O3S2/c25-17(21-19(28)23-22-18(26)16-12-20-29-24-16)14-6-8-15(9-7-14)27-11-10-13-4-2-1-3-5-13/h1-9,12H,10-11H2,(H,22,26)(H2,21,23,25,28). The number of ether oxygens (including phenoxy) is 1. The quantitative estimate of drug-likeness (QED) is 0.409. The second kappa shape index (κ2) is 10.2. The van der Waals surface area contributed by atoms with Gasteiger partial charge in [0.1, 0.15) is 5.75 Å². The lowest BCUT2D eigenvalue weighted by molar-refractivity contribution is 0.0931. The maximum atomic E-state index is 12.2. The molecule has 3 N–H and O–H groups in total. The number of rotatable bonds is 6. The summed E-state index contributed by atoms with van der Waals surface area (Å²) in [5.74, 6) is -0.252. The number of hydrogen-bond acceptors (Lipinski definition) is 7. The van der Waals surface area contributed by atoms with Gasteiger partial charge in [0, 0.05) is 12.0 Å². The lowest BCUT2D eigenvalue weighted by atomic mass is 10.2. The smallest absolute Gasteiger partial charge is 0.291 e. The molecule has 0 aliphatic heterocycles. The number of aromatic nitrogens is 2. The summed E-state index contributed by atoms with van der Waals surface area (Å²) in [6.45, 7) is 0.539. The SMILES string of the molecule is O=C(NC(=S)NNC(=O)c1cnsn1)c1ccc(OCCc2ccccc2)cc1. The molecule has 1 heterocycles. The summed E-state index contributed by atoms with van der Waals surface area (Å²) in [5.41, 5.74) is 6.52. The molecule has 8 nitrogen and oxygen atoms in total. The molecule has 0 fully saturated rings. The van der Waals surface area contributed by atoms with Crippen LogP contribution in [-0.2, 0) is 6.42 Å². The molecule has 0 atom stereocenters. The molecule has 0 radical (unpaired) electrons.